The van der Waals surface area contributed by atoms with Crippen LogP contribution in [0.1, 0.15) is 5.56 Å². The fraction of sp³-hybridized carbons (Fsp3) is 0.118. The summed E-state index contributed by atoms with van der Waals surface area (Å²) in [5, 5.41) is 0.665. The molecule has 0 amide bonds. The van der Waals surface area contributed by atoms with Crippen molar-refractivity contribution in [2.75, 3.05) is 14.2 Å². The Labute approximate surface area is 134 Å². The van der Waals surface area contributed by atoms with Crippen LogP contribution in [0.5, 0.6) is 11.5 Å². The lowest BCUT2D eigenvalue weighted by molar-refractivity contribution is 0.355. The van der Waals surface area contributed by atoms with E-state index in [1.54, 1.807) is 44.6 Å². The standard InChI is InChI=1S/C17H17ClN2O2/c1-21-15-9-3-12(11-16(15)22-2)4-10-17(19)20-14-7-5-13(18)6-8-14/h3-11H,1-2H3,(H2,19,20). The molecule has 5 heteroatoms. The number of benzene rings is 2. The Bertz CT molecular complexity index is 694. The fourth-order valence-electron chi connectivity index (χ4n) is 1.84. The molecule has 2 rings (SSSR count). The van der Waals surface area contributed by atoms with Crippen molar-refractivity contribution in [3.63, 3.8) is 0 Å². The predicted molar refractivity (Wildman–Crippen MR) is 91.3 cm³/mol. The number of aliphatic imine (C=N–C) groups is 1. The lowest BCUT2D eigenvalue weighted by Gasteiger charge is -2.07. The first-order valence-electron chi connectivity index (χ1n) is 6.62. The Balaban J connectivity index is 2.15. The minimum absolute atomic E-state index is 0.400. The summed E-state index contributed by atoms with van der Waals surface area (Å²) in [5.74, 6) is 1.75. The minimum Gasteiger partial charge on any atom is -0.493 e. The summed E-state index contributed by atoms with van der Waals surface area (Å²) in [6.45, 7) is 0. The average molecular weight is 317 g/mol. The molecule has 0 aliphatic heterocycles. The fourth-order valence-corrected chi connectivity index (χ4v) is 1.97. The van der Waals surface area contributed by atoms with Gasteiger partial charge >= 0.3 is 0 Å². The molecule has 0 aromatic heterocycles. The van der Waals surface area contributed by atoms with Gasteiger partial charge in [0, 0.05) is 5.02 Å². The molecule has 0 heterocycles. The first kappa shape index (κ1) is 15.9. The van der Waals surface area contributed by atoms with Crippen LogP contribution < -0.4 is 15.2 Å². The average Bonchev–Trinajstić information content (AvgIpc) is 2.54. The Kier molecular flexibility index (Phi) is 5.44. The second-order valence-corrected chi connectivity index (χ2v) is 4.90. The zero-order chi connectivity index (χ0) is 15.9. The molecule has 0 aliphatic carbocycles. The van der Waals surface area contributed by atoms with E-state index >= 15 is 0 Å². The molecule has 0 atom stereocenters. The number of ether oxygens (including phenoxy) is 2. The molecule has 0 aliphatic rings. The van der Waals surface area contributed by atoms with Crippen LogP contribution >= 0.6 is 11.6 Å². The van der Waals surface area contributed by atoms with Crippen molar-refractivity contribution in [2.45, 2.75) is 0 Å². The van der Waals surface area contributed by atoms with E-state index in [-0.39, 0.29) is 0 Å². The van der Waals surface area contributed by atoms with E-state index in [9.17, 15) is 0 Å². The van der Waals surface area contributed by atoms with Crippen molar-refractivity contribution >= 4 is 29.2 Å². The Morgan fingerprint density at radius 3 is 2.36 bits per heavy atom. The molecule has 2 N–H and O–H groups in total. The molecule has 0 spiro atoms. The van der Waals surface area contributed by atoms with Crippen molar-refractivity contribution in [1.82, 2.24) is 0 Å². The maximum atomic E-state index is 5.89. The molecule has 2 aromatic carbocycles. The van der Waals surface area contributed by atoms with Crippen molar-refractivity contribution in [2.24, 2.45) is 10.7 Å². The highest BCUT2D eigenvalue weighted by Gasteiger charge is 2.02. The number of methoxy groups -OCH3 is 2. The highest BCUT2D eigenvalue weighted by atomic mass is 35.5. The summed E-state index contributed by atoms with van der Waals surface area (Å²) in [6, 6.07) is 12.8. The summed E-state index contributed by atoms with van der Waals surface area (Å²) in [4.78, 5) is 4.28. The zero-order valence-corrected chi connectivity index (χ0v) is 13.2. The maximum absolute atomic E-state index is 5.89. The lowest BCUT2D eigenvalue weighted by Crippen LogP contribution is -2.06. The van der Waals surface area contributed by atoms with Gasteiger partial charge in [0.1, 0.15) is 5.84 Å². The molecule has 0 bridgehead atoms. The van der Waals surface area contributed by atoms with Gasteiger partial charge in [0.2, 0.25) is 0 Å². The number of hydrogen-bond donors (Lipinski definition) is 1. The monoisotopic (exact) mass is 316 g/mol. The summed E-state index contributed by atoms with van der Waals surface area (Å²) < 4.78 is 10.5. The first-order valence-corrected chi connectivity index (χ1v) is 7.00. The highest BCUT2D eigenvalue weighted by Crippen LogP contribution is 2.28. The van der Waals surface area contributed by atoms with Crippen LogP contribution in [-0.4, -0.2) is 20.1 Å². The molecular weight excluding hydrogens is 300 g/mol. The zero-order valence-electron chi connectivity index (χ0n) is 12.4. The Hall–Kier alpha value is -2.46. The SMILES string of the molecule is COc1ccc(C=CC(N)=Nc2ccc(Cl)cc2)cc1OC. The van der Waals surface area contributed by atoms with E-state index in [0.29, 0.717) is 22.4 Å². The first-order chi connectivity index (χ1) is 10.6. The number of halogens is 1. The van der Waals surface area contributed by atoms with Gasteiger partial charge in [-0.1, -0.05) is 23.7 Å². The third kappa shape index (κ3) is 4.27. The largest absolute Gasteiger partial charge is 0.493 e. The van der Waals surface area contributed by atoms with E-state index < -0.39 is 0 Å². The second kappa shape index (κ2) is 7.52. The van der Waals surface area contributed by atoms with E-state index in [1.807, 2.05) is 24.3 Å². The summed E-state index contributed by atoms with van der Waals surface area (Å²) in [5.41, 5.74) is 7.58. The molecular formula is C17H17ClN2O2. The van der Waals surface area contributed by atoms with Gasteiger partial charge in [-0.3, -0.25) is 0 Å². The van der Waals surface area contributed by atoms with Crippen LogP contribution in [0.15, 0.2) is 53.5 Å². The minimum atomic E-state index is 0.400. The molecule has 0 saturated heterocycles. The lowest BCUT2D eigenvalue weighted by atomic mass is 10.2. The molecule has 0 unspecified atom stereocenters. The maximum Gasteiger partial charge on any atom is 0.161 e. The number of nitrogens with zero attached hydrogens (tertiary/aromatic N) is 1. The van der Waals surface area contributed by atoms with Gasteiger partial charge in [-0.25, -0.2) is 4.99 Å². The Morgan fingerprint density at radius 2 is 1.73 bits per heavy atom. The van der Waals surface area contributed by atoms with Gasteiger partial charge in [0.05, 0.1) is 19.9 Å². The van der Waals surface area contributed by atoms with E-state index in [4.69, 9.17) is 26.8 Å². The van der Waals surface area contributed by atoms with Gasteiger partial charge in [0.15, 0.2) is 11.5 Å². The number of nitrogens with two attached hydrogens (primary N) is 1. The van der Waals surface area contributed by atoms with Gasteiger partial charge in [-0.2, -0.15) is 0 Å². The number of rotatable bonds is 5. The van der Waals surface area contributed by atoms with E-state index in [2.05, 4.69) is 4.99 Å². The van der Waals surface area contributed by atoms with Crippen molar-refractivity contribution in [3.8, 4) is 11.5 Å². The molecule has 22 heavy (non-hydrogen) atoms. The molecule has 0 saturated carbocycles. The molecule has 114 valence electrons. The van der Waals surface area contributed by atoms with Crippen LogP contribution in [-0.2, 0) is 0 Å². The van der Waals surface area contributed by atoms with Crippen LogP contribution in [0.4, 0.5) is 5.69 Å². The van der Waals surface area contributed by atoms with E-state index in [0.717, 1.165) is 11.3 Å². The van der Waals surface area contributed by atoms with Crippen LogP contribution in [0, 0.1) is 0 Å². The van der Waals surface area contributed by atoms with Gasteiger partial charge in [0.25, 0.3) is 0 Å². The third-order valence-corrected chi connectivity index (χ3v) is 3.19. The molecule has 2 aromatic rings. The second-order valence-electron chi connectivity index (χ2n) is 4.46. The predicted octanol–water partition coefficient (Wildman–Crippen LogP) is 4.06. The quantitative estimate of drug-likeness (QED) is 0.668. The molecule has 4 nitrogen and oxygen atoms in total. The smallest absolute Gasteiger partial charge is 0.161 e. The third-order valence-electron chi connectivity index (χ3n) is 2.94. The summed E-state index contributed by atoms with van der Waals surface area (Å²) in [7, 11) is 3.20. The van der Waals surface area contributed by atoms with Crippen molar-refractivity contribution in [3.05, 3.63) is 59.1 Å². The van der Waals surface area contributed by atoms with Crippen LogP contribution in [0.2, 0.25) is 5.02 Å². The number of hydrogen-bond acceptors (Lipinski definition) is 3. The Morgan fingerprint density at radius 1 is 1.05 bits per heavy atom. The van der Waals surface area contributed by atoms with Gasteiger partial charge < -0.3 is 15.2 Å². The highest BCUT2D eigenvalue weighted by molar-refractivity contribution is 6.30. The van der Waals surface area contributed by atoms with Crippen molar-refractivity contribution < 1.29 is 9.47 Å². The molecule has 0 radical (unpaired) electrons. The molecule has 0 fully saturated rings. The summed E-state index contributed by atoms with van der Waals surface area (Å²) >= 11 is 5.83. The van der Waals surface area contributed by atoms with Gasteiger partial charge in [-0.05, 0) is 48.0 Å². The normalized spacial score (nSPS) is 11.7. The van der Waals surface area contributed by atoms with E-state index in [1.165, 1.54) is 0 Å². The van der Waals surface area contributed by atoms with Crippen molar-refractivity contribution in [1.29, 1.82) is 0 Å². The topological polar surface area (TPSA) is 56.8 Å². The number of amidine groups is 1. The van der Waals surface area contributed by atoms with Crippen LogP contribution in [0.25, 0.3) is 6.08 Å². The van der Waals surface area contributed by atoms with Gasteiger partial charge in [-0.15, -0.1) is 0 Å². The van der Waals surface area contributed by atoms with Crippen LogP contribution in [0.3, 0.4) is 0 Å². The summed E-state index contributed by atoms with van der Waals surface area (Å²) in [6.07, 6.45) is 3.59.